The number of nitro groups is 2. The average Bonchev–Trinajstić information content (AvgIpc) is 3.26. The molecule has 0 saturated carbocycles. The van der Waals surface area contributed by atoms with Gasteiger partial charge in [-0.05, 0) is 36.4 Å². The third kappa shape index (κ3) is 4.58. The minimum absolute atomic E-state index is 0.0737. The molecule has 1 aromatic heterocycles. The summed E-state index contributed by atoms with van der Waals surface area (Å²) in [5.74, 6) is 0.399. The van der Waals surface area contributed by atoms with E-state index < -0.39 is 16.1 Å². The summed E-state index contributed by atoms with van der Waals surface area (Å²) < 4.78 is 11.5. The van der Waals surface area contributed by atoms with E-state index in [1.807, 2.05) is 0 Å². The van der Waals surface area contributed by atoms with Gasteiger partial charge in [0.25, 0.3) is 11.4 Å². The van der Waals surface area contributed by atoms with E-state index in [1.165, 1.54) is 48.3 Å². The highest BCUT2D eigenvalue weighted by atomic mass is 16.6. The highest BCUT2D eigenvalue weighted by Crippen LogP contribution is 2.32. The van der Waals surface area contributed by atoms with Crippen molar-refractivity contribution in [1.29, 1.82) is 0 Å². The normalized spacial score (nSPS) is 14.9. The standard InChI is InChI=1S/C21H15N5O7/c1-13(27)24-21(33-20(23-24)14-2-6-16(7-3-14)25(28)29)15-4-9-18(10-5-15)32-19-11-8-17(12-22-19)26(30)31/h2-12,21H,1H3. The van der Waals surface area contributed by atoms with E-state index in [0.29, 0.717) is 16.9 Å². The minimum Gasteiger partial charge on any atom is -0.446 e. The van der Waals surface area contributed by atoms with Gasteiger partial charge in [-0.25, -0.2) is 4.98 Å². The van der Waals surface area contributed by atoms with Crippen molar-refractivity contribution in [2.45, 2.75) is 13.2 Å². The number of hydrogen-bond donors (Lipinski definition) is 0. The van der Waals surface area contributed by atoms with Crippen LogP contribution in [0.4, 0.5) is 11.4 Å². The summed E-state index contributed by atoms with van der Waals surface area (Å²) in [4.78, 5) is 36.5. The molecule has 166 valence electrons. The molecule has 1 amide bonds. The second-order valence-electron chi connectivity index (χ2n) is 6.83. The number of ether oxygens (including phenoxy) is 2. The molecule has 0 radical (unpaired) electrons. The largest absolute Gasteiger partial charge is 0.446 e. The van der Waals surface area contributed by atoms with Crippen molar-refractivity contribution in [2.75, 3.05) is 0 Å². The van der Waals surface area contributed by atoms with Gasteiger partial charge in [0, 0.05) is 42.3 Å². The monoisotopic (exact) mass is 449 g/mol. The van der Waals surface area contributed by atoms with Gasteiger partial charge >= 0.3 is 0 Å². The summed E-state index contributed by atoms with van der Waals surface area (Å²) in [6.45, 7) is 1.34. The van der Waals surface area contributed by atoms with E-state index in [0.717, 1.165) is 6.20 Å². The van der Waals surface area contributed by atoms with Crippen LogP contribution >= 0.6 is 0 Å². The number of nitro benzene ring substituents is 1. The molecule has 2 aromatic carbocycles. The molecule has 1 aliphatic heterocycles. The van der Waals surface area contributed by atoms with Crippen molar-refractivity contribution in [3.05, 3.63) is 98.2 Å². The average molecular weight is 449 g/mol. The summed E-state index contributed by atoms with van der Waals surface area (Å²) in [5.41, 5.74) is 0.869. The Hall–Kier alpha value is -4.87. The molecule has 3 aromatic rings. The lowest BCUT2D eigenvalue weighted by molar-refractivity contribution is -0.385. The number of pyridine rings is 1. The molecule has 0 spiro atoms. The van der Waals surface area contributed by atoms with Gasteiger partial charge < -0.3 is 9.47 Å². The second-order valence-corrected chi connectivity index (χ2v) is 6.83. The van der Waals surface area contributed by atoms with Gasteiger partial charge in [0.2, 0.25) is 23.9 Å². The molecule has 4 rings (SSSR count). The Balaban J connectivity index is 1.50. The van der Waals surface area contributed by atoms with E-state index in [2.05, 4.69) is 10.1 Å². The topological polar surface area (TPSA) is 150 Å². The van der Waals surface area contributed by atoms with E-state index in [9.17, 15) is 25.0 Å². The molecule has 2 heterocycles. The van der Waals surface area contributed by atoms with Crippen molar-refractivity contribution in [3.63, 3.8) is 0 Å². The summed E-state index contributed by atoms with van der Waals surface area (Å²) in [7, 11) is 0. The van der Waals surface area contributed by atoms with Crippen LogP contribution in [0.2, 0.25) is 0 Å². The van der Waals surface area contributed by atoms with Gasteiger partial charge in [0.1, 0.15) is 11.9 Å². The Morgan fingerprint density at radius 3 is 2.15 bits per heavy atom. The Kier molecular flexibility index (Phi) is 5.64. The molecule has 12 heteroatoms. The van der Waals surface area contributed by atoms with E-state index in [-0.39, 0.29) is 29.1 Å². The fourth-order valence-electron chi connectivity index (χ4n) is 2.99. The Morgan fingerprint density at radius 2 is 1.61 bits per heavy atom. The predicted molar refractivity (Wildman–Crippen MR) is 113 cm³/mol. The van der Waals surface area contributed by atoms with Crippen molar-refractivity contribution < 1.29 is 24.1 Å². The molecule has 12 nitrogen and oxygen atoms in total. The van der Waals surface area contributed by atoms with Crippen LogP contribution < -0.4 is 4.74 Å². The zero-order valence-electron chi connectivity index (χ0n) is 17.0. The minimum atomic E-state index is -0.834. The van der Waals surface area contributed by atoms with Crippen molar-refractivity contribution >= 4 is 23.2 Å². The smallest absolute Gasteiger partial charge is 0.287 e. The highest BCUT2D eigenvalue weighted by molar-refractivity contribution is 5.96. The van der Waals surface area contributed by atoms with Crippen LogP contribution in [0.5, 0.6) is 11.6 Å². The number of benzene rings is 2. The number of amides is 1. The summed E-state index contributed by atoms with van der Waals surface area (Å²) in [6.07, 6.45) is 0.261. The van der Waals surface area contributed by atoms with Gasteiger partial charge in [0.05, 0.1) is 9.85 Å². The first-order valence-electron chi connectivity index (χ1n) is 9.50. The fraction of sp³-hybridized carbons (Fsp3) is 0.0952. The number of non-ortho nitro benzene ring substituents is 1. The lowest BCUT2D eigenvalue weighted by atomic mass is 10.2. The van der Waals surface area contributed by atoms with Crippen molar-refractivity contribution in [3.8, 4) is 11.6 Å². The van der Waals surface area contributed by atoms with Gasteiger partial charge in [-0.1, -0.05) is 0 Å². The number of carbonyl (C=O) groups excluding carboxylic acids is 1. The van der Waals surface area contributed by atoms with E-state index in [4.69, 9.17) is 9.47 Å². The number of nitrogens with zero attached hydrogens (tertiary/aromatic N) is 5. The lowest BCUT2D eigenvalue weighted by Crippen LogP contribution is -2.25. The van der Waals surface area contributed by atoms with E-state index in [1.54, 1.807) is 24.3 Å². The van der Waals surface area contributed by atoms with Crippen LogP contribution in [0.1, 0.15) is 24.3 Å². The number of aromatic nitrogens is 1. The number of hydrogen-bond acceptors (Lipinski definition) is 9. The molecule has 0 aliphatic carbocycles. The molecule has 1 unspecified atom stereocenters. The van der Waals surface area contributed by atoms with Crippen molar-refractivity contribution in [2.24, 2.45) is 5.10 Å². The molecule has 0 saturated heterocycles. The molecular formula is C21H15N5O7. The first-order valence-corrected chi connectivity index (χ1v) is 9.50. The van der Waals surface area contributed by atoms with Gasteiger partial charge in [-0.3, -0.25) is 25.0 Å². The number of rotatable bonds is 6. The Bertz CT molecular complexity index is 1240. The first kappa shape index (κ1) is 21.4. The molecular weight excluding hydrogens is 434 g/mol. The SMILES string of the molecule is CC(=O)N1N=C(c2ccc([N+](=O)[O-])cc2)OC1c1ccc(Oc2ccc([N+](=O)[O-])cn2)cc1. The van der Waals surface area contributed by atoms with Crippen LogP contribution in [0, 0.1) is 20.2 Å². The van der Waals surface area contributed by atoms with Crippen LogP contribution in [0.25, 0.3) is 0 Å². The molecule has 0 bridgehead atoms. The van der Waals surface area contributed by atoms with Crippen LogP contribution in [-0.4, -0.2) is 31.6 Å². The summed E-state index contributed by atoms with van der Waals surface area (Å²) >= 11 is 0. The lowest BCUT2D eigenvalue weighted by Gasteiger charge is -2.19. The van der Waals surface area contributed by atoms with E-state index >= 15 is 0 Å². The Morgan fingerprint density at radius 1 is 0.970 bits per heavy atom. The summed E-state index contributed by atoms with van der Waals surface area (Å²) in [6, 6.07) is 14.9. The first-order chi connectivity index (χ1) is 15.8. The molecule has 33 heavy (non-hydrogen) atoms. The fourth-order valence-corrected chi connectivity index (χ4v) is 2.99. The van der Waals surface area contributed by atoms with Crippen LogP contribution in [0.3, 0.4) is 0 Å². The quantitative estimate of drug-likeness (QED) is 0.406. The third-order valence-corrected chi connectivity index (χ3v) is 4.61. The zero-order valence-corrected chi connectivity index (χ0v) is 17.0. The Labute approximate surface area is 186 Å². The molecule has 0 fully saturated rings. The maximum Gasteiger partial charge on any atom is 0.287 e. The second kappa shape index (κ2) is 8.70. The number of carbonyl (C=O) groups is 1. The highest BCUT2D eigenvalue weighted by Gasteiger charge is 2.33. The number of hydrazone groups is 1. The van der Waals surface area contributed by atoms with Crippen LogP contribution in [-0.2, 0) is 9.53 Å². The maximum atomic E-state index is 12.1. The van der Waals surface area contributed by atoms with Gasteiger partial charge in [-0.2, -0.15) is 5.01 Å². The van der Waals surface area contributed by atoms with Gasteiger partial charge in [0.15, 0.2) is 0 Å². The summed E-state index contributed by atoms with van der Waals surface area (Å²) in [5, 5.41) is 26.9. The maximum absolute atomic E-state index is 12.1. The zero-order chi connectivity index (χ0) is 23.5. The molecule has 0 N–H and O–H groups in total. The van der Waals surface area contributed by atoms with Gasteiger partial charge in [-0.15, -0.1) is 5.10 Å². The molecule has 1 aliphatic rings. The third-order valence-electron chi connectivity index (χ3n) is 4.61. The van der Waals surface area contributed by atoms with Crippen LogP contribution in [0.15, 0.2) is 72.0 Å². The predicted octanol–water partition coefficient (Wildman–Crippen LogP) is 3.93. The van der Waals surface area contributed by atoms with Crippen molar-refractivity contribution in [1.82, 2.24) is 9.99 Å². The molecule has 1 atom stereocenters.